The van der Waals surface area contributed by atoms with Gasteiger partial charge in [-0.15, -0.1) is 0 Å². The molecule has 1 unspecified atom stereocenters. The first kappa shape index (κ1) is 18.3. The summed E-state index contributed by atoms with van der Waals surface area (Å²) in [5.41, 5.74) is 2.19. The molecule has 0 saturated heterocycles. The number of anilines is 1. The molecule has 0 aliphatic rings. The smallest absolute Gasteiger partial charge is 0.255 e. The van der Waals surface area contributed by atoms with E-state index in [0.717, 1.165) is 11.6 Å². The second-order valence-corrected chi connectivity index (χ2v) is 6.01. The van der Waals surface area contributed by atoms with Gasteiger partial charge in [0.15, 0.2) is 0 Å². The van der Waals surface area contributed by atoms with Crippen molar-refractivity contribution in [3.8, 4) is 0 Å². The first-order valence-electron chi connectivity index (χ1n) is 8.42. The molecule has 6 heteroatoms. The van der Waals surface area contributed by atoms with Crippen LogP contribution in [0.5, 0.6) is 0 Å². The third-order valence-electron chi connectivity index (χ3n) is 4.02. The van der Waals surface area contributed by atoms with Gasteiger partial charge in [-0.1, -0.05) is 30.3 Å². The van der Waals surface area contributed by atoms with Crippen molar-refractivity contribution in [1.82, 2.24) is 10.3 Å². The fourth-order valence-corrected chi connectivity index (χ4v) is 2.59. The lowest BCUT2D eigenvalue weighted by Gasteiger charge is -2.16. The molecule has 3 rings (SSSR count). The van der Waals surface area contributed by atoms with Crippen molar-refractivity contribution < 1.29 is 14.0 Å². The van der Waals surface area contributed by atoms with Gasteiger partial charge in [0.2, 0.25) is 5.95 Å². The van der Waals surface area contributed by atoms with Gasteiger partial charge in [0.05, 0.1) is 6.04 Å². The average molecular weight is 363 g/mol. The summed E-state index contributed by atoms with van der Waals surface area (Å²) in [7, 11) is 0. The van der Waals surface area contributed by atoms with E-state index in [4.69, 9.17) is 0 Å². The van der Waals surface area contributed by atoms with E-state index >= 15 is 0 Å². The molecule has 2 amide bonds. The standard InChI is InChI=1S/C21H18FN3O2/c1-14(24-21(27)17-10-11-23-19(22)13-17)16-8-5-9-18(12-16)25-20(26)15-6-3-2-4-7-15/h2-14H,1H3,(H,24,27)(H,25,26). The zero-order chi connectivity index (χ0) is 19.2. The highest BCUT2D eigenvalue weighted by Crippen LogP contribution is 2.19. The summed E-state index contributed by atoms with van der Waals surface area (Å²) in [5.74, 6) is -1.32. The molecule has 5 nitrogen and oxygen atoms in total. The highest BCUT2D eigenvalue weighted by atomic mass is 19.1. The number of aromatic nitrogens is 1. The molecule has 0 saturated carbocycles. The van der Waals surface area contributed by atoms with E-state index in [1.807, 2.05) is 19.1 Å². The van der Waals surface area contributed by atoms with Crippen molar-refractivity contribution in [2.45, 2.75) is 13.0 Å². The summed E-state index contributed by atoms with van der Waals surface area (Å²) < 4.78 is 13.2. The quantitative estimate of drug-likeness (QED) is 0.674. The number of rotatable bonds is 5. The number of carbonyl (C=O) groups excluding carboxylic acids is 2. The van der Waals surface area contributed by atoms with Crippen molar-refractivity contribution in [3.63, 3.8) is 0 Å². The fourth-order valence-electron chi connectivity index (χ4n) is 2.59. The monoisotopic (exact) mass is 363 g/mol. The van der Waals surface area contributed by atoms with Crippen LogP contribution < -0.4 is 10.6 Å². The molecule has 0 fully saturated rings. The predicted octanol–water partition coefficient (Wildman–Crippen LogP) is 3.96. The van der Waals surface area contributed by atoms with Crippen molar-refractivity contribution in [2.24, 2.45) is 0 Å². The van der Waals surface area contributed by atoms with Crippen molar-refractivity contribution >= 4 is 17.5 Å². The van der Waals surface area contributed by atoms with E-state index in [9.17, 15) is 14.0 Å². The van der Waals surface area contributed by atoms with Gasteiger partial charge in [0, 0.05) is 29.1 Å². The number of carbonyl (C=O) groups is 2. The van der Waals surface area contributed by atoms with Crippen LogP contribution in [0.3, 0.4) is 0 Å². The van der Waals surface area contributed by atoms with Crippen LogP contribution in [-0.4, -0.2) is 16.8 Å². The molecule has 0 radical (unpaired) electrons. The van der Waals surface area contributed by atoms with Crippen LogP contribution >= 0.6 is 0 Å². The number of nitrogens with one attached hydrogen (secondary N) is 2. The van der Waals surface area contributed by atoms with Gasteiger partial charge < -0.3 is 10.6 Å². The molecular formula is C21H18FN3O2. The molecular weight excluding hydrogens is 345 g/mol. The Balaban J connectivity index is 1.69. The predicted molar refractivity (Wildman–Crippen MR) is 101 cm³/mol. The van der Waals surface area contributed by atoms with Crippen LogP contribution in [0.4, 0.5) is 10.1 Å². The molecule has 1 atom stereocenters. The molecule has 2 aromatic carbocycles. The maximum absolute atomic E-state index is 13.2. The van der Waals surface area contributed by atoms with E-state index in [-0.39, 0.29) is 17.5 Å². The number of hydrogen-bond donors (Lipinski definition) is 2. The van der Waals surface area contributed by atoms with Crippen LogP contribution in [-0.2, 0) is 0 Å². The molecule has 27 heavy (non-hydrogen) atoms. The van der Waals surface area contributed by atoms with E-state index in [1.165, 1.54) is 12.3 Å². The largest absolute Gasteiger partial charge is 0.346 e. The Bertz CT molecular complexity index is 960. The number of halogens is 1. The molecule has 0 aliphatic heterocycles. The van der Waals surface area contributed by atoms with Crippen LogP contribution in [0.2, 0.25) is 0 Å². The molecule has 136 valence electrons. The molecule has 0 aliphatic carbocycles. The number of pyridine rings is 1. The van der Waals surface area contributed by atoms with Gasteiger partial charge in [-0.3, -0.25) is 9.59 Å². The van der Waals surface area contributed by atoms with Crippen LogP contribution in [0.15, 0.2) is 72.9 Å². The first-order valence-corrected chi connectivity index (χ1v) is 8.42. The number of amides is 2. The Morgan fingerprint density at radius 1 is 0.926 bits per heavy atom. The third kappa shape index (κ3) is 4.76. The fraction of sp³-hybridized carbons (Fsp3) is 0.0952. The summed E-state index contributed by atoms with van der Waals surface area (Å²) in [6.07, 6.45) is 1.24. The minimum Gasteiger partial charge on any atom is -0.346 e. The SMILES string of the molecule is CC(NC(=O)c1ccnc(F)c1)c1cccc(NC(=O)c2ccccc2)c1. The van der Waals surface area contributed by atoms with Crippen molar-refractivity contribution in [2.75, 3.05) is 5.32 Å². The van der Waals surface area contributed by atoms with E-state index in [1.54, 1.807) is 42.5 Å². The van der Waals surface area contributed by atoms with Gasteiger partial charge in [-0.25, -0.2) is 4.98 Å². The Hall–Kier alpha value is -3.54. The second-order valence-electron chi connectivity index (χ2n) is 6.01. The summed E-state index contributed by atoms with van der Waals surface area (Å²) in [5, 5.41) is 5.64. The Morgan fingerprint density at radius 3 is 2.44 bits per heavy atom. The summed E-state index contributed by atoms with van der Waals surface area (Å²) in [6.45, 7) is 1.81. The summed E-state index contributed by atoms with van der Waals surface area (Å²) >= 11 is 0. The van der Waals surface area contributed by atoms with Crippen LogP contribution in [0.1, 0.15) is 39.2 Å². The molecule has 0 spiro atoms. The average Bonchev–Trinajstić information content (AvgIpc) is 2.68. The molecule has 1 aromatic heterocycles. The number of nitrogens with zero attached hydrogens (tertiary/aromatic N) is 1. The number of hydrogen-bond acceptors (Lipinski definition) is 3. The van der Waals surface area contributed by atoms with Gasteiger partial charge in [0.25, 0.3) is 11.8 Å². The zero-order valence-corrected chi connectivity index (χ0v) is 14.6. The van der Waals surface area contributed by atoms with Crippen molar-refractivity contribution in [1.29, 1.82) is 0 Å². The number of benzene rings is 2. The van der Waals surface area contributed by atoms with Gasteiger partial charge in [0.1, 0.15) is 0 Å². The van der Waals surface area contributed by atoms with Gasteiger partial charge in [-0.05, 0) is 42.8 Å². The summed E-state index contributed by atoms with van der Waals surface area (Å²) in [6, 6.07) is 18.3. The van der Waals surface area contributed by atoms with E-state index in [2.05, 4.69) is 15.6 Å². The van der Waals surface area contributed by atoms with Crippen LogP contribution in [0.25, 0.3) is 0 Å². The first-order chi connectivity index (χ1) is 13.0. The van der Waals surface area contributed by atoms with E-state index < -0.39 is 11.9 Å². The van der Waals surface area contributed by atoms with Gasteiger partial charge in [-0.2, -0.15) is 4.39 Å². The van der Waals surface area contributed by atoms with Crippen LogP contribution in [0, 0.1) is 5.95 Å². The maximum Gasteiger partial charge on any atom is 0.255 e. The minimum atomic E-state index is -0.707. The Morgan fingerprint density at radius 2 is 1.70 bits per heavy atom. The normalized spacial score (nSPS) is 11.5. The Kier molecular flexibility index (Phi) is 5.56. The third-order valence-corrected chi connectivity index (χ3v) is 4.02. The minimum absolute atomic E-state index is 0.197. The zero-order valence-electron chi connectivity index (χ0n) is 14.6. The highest BCUT2D eigenvalue weighted by Gasteiger charge is 2.13. The van der Waals surface area contributed by atoms with Crippen molar-refractivity contribution in [3.05, 3.63) is 95.6 Å². The maximum atomic E-state index is 13.2. The molecule has 2 N–H and O–H groups in total. The highest BCUT2D eigenvalue weighted by molar-refractivity contribution is 6.04. The molecule has 3 aromatic rings. The van der Waals surface area contributed by atoms with E-state index in [0.29, 0.717) is 11.3 Å². The lowest BCUT2D eigenvalue weighted by molar-refractivity contribution is 0.0938. The Labute approximate surface area is 156 Å². The lowest BCUT2D eigenvalue weighted by atomic mass is 10.1. The molecule has 1 heterocycles. The lowest BCUT2D eigenvalue weighted by Crippen LogP contribution is -2.26. The van der Waals surface area contributed by atoms with Gasteiger partial charge >= 0.3 is 0 Å². The second kappa shape index (κ2) is 8.23. The summed E-state index contributed by atoms with van der Waals surface area (Å²) in [4.78, 5) is 28.0. The topological polar surface area (TPSA) is 71.1 Å². The molecule has 0 bridgehead atoms.